The Hall–Kier alpha value is -8.38. The fraction of sp³-hybridized carbons (Fsp3) is 0.388. The van der Waals surface area contributed by atoms with Crippen molar-refractivity contribution in [3.8, 4) is 21.6 Å². The van der Waals surface area contributed by atoms with Crippen molar-refractivity contribution < 1.29 is 37.5 Å². The van der Waals surface area contributed by atoms with E-state index in [2.05, 4.69) is 30.6 Å². The number of anilines is 3. The van der Waals surface area contributed by atoms with Crippen molar-refractivity contribution in [3.63, 3.8) is 0 Å². The second kappa shape index (κ2) is 25.5. The highest BCUT2D eigenvalue weighted by atomic mass is 32.2. The molecule has 8 aromatic rings. The average molecular weight is 1270 g/mol. The number of sulfonamides is 1. The summed E-state index contributed by atoms with van der Waals surface area (Å²) < 4.78 is 33.8. The number of aliphatic hydroxyl groups excluding tert-OH is 1. The maximum absolute atomic E-state index is 14.7. The number of amides is 5. The minimum Gasteiger partial charge on any atom is -0.391 e. The standard InChI is InChI=1S/C67H74N12O8S3/c1-39(43-19-21-45(22-20-43)59-40(2)68-38-88-59)70-63(83)55-31-48(80)36-78(55)65(85)60(67(4,5)6)73-61(81)46-34-77(35-46)47-23-25-49(26-24-47)90(86,87)75-64(84)58-50(52-32-69-79(41(52)3)33-42-13-8-7-9-14-42)27-28-57(72-58)76-30-29-44-15-12-16-51(53(44)37-76)62(82)74-66-71-54-17-10-11-18-56(54)89-66/h10-12,15-28,32,38-39,42,46,48,55,60,80H,7-9,13-14,29-31,33-37H2,1-6H3,(H,70,83)(H,73,81)(H,75,84)(H,71,74,82)/t39-,48+,55-,60+/m0/s1. The van der Waals surface area contributed by atoms with Crippen LogP contribution in [0.5, 0.6) is 0 Å². The van der Waals surface area contributed by atoms with Gasteiger partial charge in [-0.2, -0.15) is 5.10 Å². The van der Waals surface area contributed by atoms with Crippen LogP contribution >= 0.6 is 22.7 Å². The highest BCUT2D eigenvalue weighted by Crippen LogP contribution is 2.36. The van der Waals surface area contributed by atoms with Crippen molar-refractivity contribution in [2.75, 3.05) is 41.3 Å². The van der Waals surface area contributed by atoms with E-state index in [0.29, 0.717) is 58.8 Å². The van der Waals surface area contributed by atoms with Crippen LogP contribution in [0, 0.1) is 31.1 Å². The highest BCUT2D eigenvalue weighted by Gasteiger charge is 2.46. The zero-order chi connectivity index (χ0) is 63.2. The Kier molecular flexibility index (Phi) is 17.5. The Bertz CT molecular complexity index is 4110. The van der Waals surface area contributed by atoms with Crippen LogP contribution in [-0.2, 0) is 43.9 Å². The molecule has 5 amide bonds. The van der Waals surface area contributed by atoms with Crippen LogP contribution < -0.4 is 30.5 Å². The van der Waals surface area contributed by atoms with Crippen molar-refractivity contribution in [1.29, 1.82) is 0 Å². The molecule has 3 aliphatic heterocycles. The first-order valence-electron chi connectivity index (χ1n) is 30.7. The predicted octanol–water partition coefficient (Wildman–Crippen LogP) is 9.62. The van der Waals surface area contributed by atoms with Crippen LogP contribution in [0.15, 0.2) is 120 Å². The fourth-order valence-corrected chi connectivity index (χ4v) is 15.4. The van der Waals surface area contributed by atoms with Crippen molar-refractivity contribution in [2.24, 2.45) is 17.3 Å². The van der Waals surface area contributed by atoms with Gasteiger partial charge in [-0.25, -0.2) is 28.1 Å². The summed E-state index contributed by atoms with van der Waals surface area (Å²) in [4.78, 5) is 91.1. The minimum atomic E-state index is -4.48. The fourth-order valence-electron chi connectivity index (χ4n) is 12.8. The first kappa shape index (κ1) is 61.8. The number of aliphatic hydroxyl groups is 1. The molecule has 2 saturated heterocycles. The molecule has 468 valence electrons. The number of pyridine rings is 1. The predicted molar refractivity (Wildman–Crippen MR) is 349 cm³/mol. The number of carbonyl (C=O) groups is 5. The molecule has 5 N–H and O–H groups in total. The number of nitrogens with zero attached hydrogens (tertiary/aromatic N) is 8. The number of carbonyl (C=O) groups excluding carboxylic acids is 5. The molecule has 0 spiro atoms. The molecule has 90 heavy (non-hydrogen) atoms. The number of thiazole rings is 2. The van der Waals surface area contributed by atoms with Gasteiger partial charge in [-0.1, -0.05) is 99.9 Å². The molecule has 4 atom stereocenters. The van der Waals surface area contributed by atoms with E-state index in [1.54, 1.807) is 47.3 Å². The van der Waals surface area contributed by atoms with Gasteiger partial charge in [-0.3, -0.25) is 34.0 Å². The summed E-state index contributed by atoms with van der Waals surface area (Å²) in [6, 6.07) is 28.6. The van der Waals surface area contributed by atoms with Crippen molar-refractivity contribution in [2.45, 2.75) is 129 Å². The summed E-state index contributed by atoms with van der Waals surface area (Å²) in [5, 5.41) is 25.1. The number of aromatic nitrogens is 5. The lowest BCUT2D eigenvalue weighted by atomic mass is 9.84. The SMILES string of the molecule is Cc1ncsc1-c1ccc([C@H](C)NC(=O)[C@@H]2C[C@@H](O)CN2C(=O)[C@@H](NC(=O)C2CN(c3ccc(S(=O)(=O)NC(=O)c4nc(N5CCc6cccc(C(=O)Nc7nc8ccccc8s7)c6C5)ccc4-c4cnn(CC5CCCCC5)c4C)cc3)C2)C(C)(C)C)cc1. The first-order valence-corrected chi connectivity index (χ1v) is 33.9. The minimum absolute atomic E-state index is 0.0520. The van der Waals surface area contributed by atoms with E-state index in [1.165, 1.54) is 47.6 Å². The molecule has 4 aromatic carbocycles. The molecular weight excluding hydrogens is 1200 g/mol. The van der Waals surface area contributed by atoms with Crippen molar-refractivity contribution in [3.05, 3.63) is 154 Å². The second-order valence-corrected chi connectivity index (χ2v) is 28.9. The smallest absolute Gasteiger partial charge is 0.284 e. The summed E-state index contributed by atoms with van der Waals surface area (Å²) in [6.07, 6.45) is 7.22. The van der Waals surface area contributed by atoms with E-state index in [1.807, 2.05) is 123 Å². The number of aryl methyl sites for hydroxylation is 1. The molecule has 1 saturated carbocycles. The topological polar surface area (TPSA) is 254 Å². The maximum atomic E-state index is 14.7. The molecule has 0 bridgehead atoms. The number of likely N-dealkylation sites (tertiary alicyclic amines) is 1. The maximum Gasteiger partial charge on any atom is 0.284 e. The number of para-hydroxylation sites is 1. The molecular formula is C67H74N12O8S3. The van der Waals surface area contributed by atoms with Crippen molar-refractivity contribution in [1.82, 2.24) is 45.0 Å². The number of benzene rings is 4. The number of fused-ring (bicyclic) bond motifs is 2. The van der Waals surface area contributed by atoms with Crippen LogP contribution in [0.3, 0.4) is 0 Å². The van der Waals surface area contributed by atoms with Crippen molar-refractivity contribution >= 4 is 89.1 Å². The van der Waals surface area contributed by atoms with Gasteiger partial charge >= 0.3 is 0 Å². The van der Waals surface area contributed by atoms with E-state index < -0.39 is 63.3 Å². The third-order valence-corrected chi connectivity index (χ3v) is 21.3. The molecule has 1 aliphatic carbocycles. The Morgan fingerprint density at radius 3 is 2.28 bits per heavy atom. The number of rotatable bonds is 17. The zero-order valence-corrected chi connectivity index (χ0v) is 53.7. The summed E-state index contributed by atoms with van der Waals surface area (Å²) >= 11 is 2.96. The molecule has 20 nitrogen and oxygen atoms in total. The van der Waals surface area contributed by atoms with E-state index in [4.69, 9.17) is 10.1 Å². The molecule has 3 fully saturated rings. The Balaban J connectivity index is 0.709. The summed E-state index contributed by atoms with van der Waals surface area (Å²) in [5.74, 6) is -2.05. The van der Waals surface area contributed by atoms with Gasteiger partial charge in [-0.15, -0.1) is 11.3 Å². The average Bonchev–Trinajstić information content (AvgIpc) is 1.43. The number of nitrogens with one attached hydrogen (secondary N) is 4. The summed E-state index contributed by atoms with van der Waals surface area (Å²) in [7, 11) is -4.48. The van der Waals surface area contributed by atoms with Crippen LogP contribution in [-0.4, -0.2) is 117 Å². The number of hydrogen-bond acceptors (Lipinski definition) is 16. The molecule has 12 rings (SSSR count). The second-order valence-electron chi connectivity index (χ2n) is 25.3. The lowest BCUT2D eigenvalue weighted by Gasteiger charge is -2.42. The Morgan fingerprint density at radius 1 is 0.800 bits per heavy atom. The first-order chi connectivity index (χ1) is 43.1. The molecule has 0 unspecified atom stereocenters. The molecule has 0 radical (unpaired) electrons. The number of hydrogen-bond donors (Lipinski definition) is 5. The summed E-state index contributed by atoms with van der Waals surface area (Å²) in [6.45, 7) is 13.3. The van der Waals surface area contributed by atoms with Gasteiger partial charge in [0.15, 0.2) is 5.13 Å². The van der Waals surface area contributed by atoms with Gasteiger partial charge in [0, 0.05) is 73.8 Å². The van der Waals surface area contributed by atoms with E-state index in [0.717, 1.165) is 68.1 Å². The van der Waals surface area contributed by atoms with Gasteiger partial charge < -0.3 is 30.4 Å². The monoisotopic (exact) mass is 1270 g/mol. The molecule has 4 aliphatic rings. The quantitative estimate of drug-likeness (QED) is 0.0569. The summed E-state index contributed by atoms with van der Waals surface area (Å²) in [5.41, 5.74) is 9.45. The lowest BCUT2D eigenvalue weighted by Crippen LogP contribution is -2.61. The highest BCUT2D eigenvalue weighted by molar-refractivity contribution is 7.90. The van der Waals surface area contributed by atoms with Gasteiger partial charge in [0.25, 0.3) is 21.8 Å². The van der Waals surface area contributed by atoms with Crippen LogP contribution in [0.2, 0.25) is 0 Å². The molecule has 23 heteroatoms. The van der Waals surface area contributed by atoms with E-state index in [9.17, 15) is 37.5 Å². The van der Waals surface area contributed by atoms with Crippen LogP contribution in [0.25, 0.3) is 31.8 Å². The number of β-amino-alcohol motifs (C(OH)–C–C–N with tert-alkyl or cyclic N) is 1. The Labute approximate surface area is 531 Å². The van der Waals surface area contributed by atoms with E-state index >= 15 is 0 Å². The van der Waals surface area contributed by atoms with Gasteiger partial charge in [-0.05, 0) is 128 Å². The third kappa shape index (κ3) is 13.0. The third-order valence-electron chi connectivity index (χ3n) is 18.0. The zero-order valence-electron chi connectivity index (χ0n) is 51.2. The lowest BCUT2D eigenvalue weighted by molar-refractivity contribution is -0.144. The van der Waals surface area contributed by atoms with Crippen LogP contribution in [0.4, 0.5) is 16.6 Å². The normalized spacial score (nSPS) is 18.0. The van der Waals surface area contributed by atoms with Crippen LogP contribution in [0.1, 0.15) is 121 Å². The van der Waals surface area contributed by atoms with Gasteiger partial charge in [0.2, 0.25) is 17.7 Å². The Morgan fingerprint density at radius 2 is 1.56 bits per heavy atom. The largest absolute Gasteiger partial charge is 0.391 e. The van der Waals surface area contributed by atoms with E-state index in [-0.39, 0.29) is 48.5 Å². The van der Waals surface area contributed by atoms with Gasteiger partial charge in [0.1, 0.15) is 23.6 Å². The van der Waals surface area contributed by atoms with Gasteiger partial charge in [0.05, 0.1) is 55.5 Å². The molecule has 4 aromatic heterocycles. The molecule has 7 heterocycles.